The average molecular weight is 267 g/mol. The number of rotatable bonds is 6. The van der Waals surface area contributed by atoms with E-state index in [0.29, 0.717) is 6.04 Å². The Morgan fingerprint density at radius 1 is 1.00 bits per heavy atom. The fourth-order valence-electron chi connectivity index (χ4n) is 2.58. The Hall–Kier alpha value is -1.76. The number of para-hydroxylation sites is 1. The molecule has 2 aromatic carbocycles. The highest BCUT2D eigenvalue weighted by Crippen LogP contribution is 2.22. The Labute approximate surface area is 123 Å². The van der Waals surface area contributed by atoms with Crippen LogP contribution in [0.2, 0.25) is 0 Å². The second kappa shape index (κ2) is 7.14. The summed E-state index contributed by atoms with van der Waals surface area (Å²) in [5, 5.41) is 3.70. The van der Waals surface area contributed by atoms with E-state index in [2.05, 4.69) is 74.6 Å². The van der Waals surface area contributed by atoms with E-state index >= 15 is 0 Å². The lowest BCUT2D eigenvalue weighted by atomic mass is 10.0. The maximum Gasteiger partial charge on any atom is 0.0404 e. The average Bonchev–Trinajstić information content (AvgIpc) is 2.48. The largest absolute Gasteiger partial charge is 0.382 e. The van der Waals surface area contributed by atoms with Crippen LogP contribution >= 0.6 is 0 Å². The first-order chi connectivity index (χ1) is 9.70. The van der Waals surface area contributed by atoms with Gasteiger partial charge in [0, 0.05) is 11.7 Å². The van der Waals surface area contributed by atoms with Crippen molar-refractivity contribution in [2.45, 2.75) is 46.1 Å². The Balaban J connectivity index is 1.96. The van der Waals surface area contributed by atoms with E-state index in [1.807, 2.05) is 0 Å². The molecule has 2 rings (SSSR count). The fraction of sp³-hybridized carbons (Fsp3) is 0.368. The second-order valence-corrected chi connectivity index (χ2v) is 5.53. The van der Waals surface area contributed by atoms with Crippen LogP contribution in [0.15, 0.2) is 48.5 Å². The van der Waals surface area contributed by atoms with Gasteiger partial charge in [-0.2, -0.15) is 0 Å². The lowest BCUT2D eigenvalue weighted by molar-refractivity contribution is 0.704. The third-order valence-electron chi connectivity index (χ3n) is 3.84. The molecule has 0 bridgehead atoms. The zero-order chi connectivity index (χ0) is 14.4. The highest BCUT2D eigenvalue weighted by molar-refractivity contribution is 5.57. The standard InChI is InChI=1S/C19H25N/c1-4-18-12-8-9-15(2)19(18)20-16(3)13-14-17-10-6-5-7-11-17/h5-12,16,20H,4,13-14H2,1-3H3. The van der Waals surface area contributed by atoms with Gasteiger partial charge in [0.2, 0.25) is 0 Å². The minimum absolute atomic E-state index is 0.488. The zero-order valence-electron chi connectivity index (χ0n) is 12.8. The number of benzene rings is 2. The fourth-order valence-corrected chi connectivity index (χ4v) is 2.58. The number of hydrogen-bond acceptors (Lipinski definition) is 1. The smallest absolute Gasteiger partial charge is 0.0404 e. The molecule has 0 aliphatic carbocycles. The van der Waals surface area contributed by atoms with Crippen LogP contribution < -0.4 is 5.32 Å². The van der Waals surface area contributed by atoms with Gasteiger partial charge in [0.25, 0.3) is 0 Å². The molecular weight excluding hydrogens is 242 g/mol. The molecule has 0 saturated heterocycles. The molecule has 0 saturated carbocycles. The second-order valence-electron chi connectivity index (χ2n) is 5.53. The van der Waals surface area contributed by atoms with Crippen LogP contribution in [0.5, 0.6) is 0 Å². The predicted octanol–water partition coefficient (Wildman–Crippen LogP) is 4.99. The van der Waals surface area contributed by atoms with E-state index in [4.69, 9.17) is 0 Å². The summed E-state index contributed by atoms with van der Waals surface area (Å²) in [4.78, 5) is 0. The van der Waals surface area contributed by atoms with Gasteiger partial charge in [0.1, 0.15) is 0 Å². The molecule has 1 unspecified atom stereocenters. The molecule has 1 nitrogen and oxygen atoms in total. The molecule has 2 aromatic rings. The highest BCUT2D eigenvalue weighted by atomic mass is 14.9. The summed E-state index contributed by atoms with van der Waals surface area (Å²) in [6, 6.07) is 17.8. The van der Waals surface area contributed by atoms with Crippen molar-refractivity contribution in [1.29, 1.82) is 0 Å². The summed E-state index contributed by atoms with van der Waals surface area (Å²) in [6.45, 7) is 6.68. The van der Waals surface area contributed by atoms with Gasteiger partial charge in [-0.3, -0.25) is 0 Å². The Bertz CT molecular complexity index is 531. The van der Waals surface area contributed by atoms with Crippen molar-refractivity contribution in [3.63, 3.8) is 0 Å². The van der Waals surface area contributed by atoms with Crippen LogP contribution in [0.1, 0.15) is 37.0 Å². The van der Waals surface area contributed by atoms with Crippen LogP contribution in [0.25, 0.3) is 0 Å². The quantitative estimate of drug-likeness (QED) is 0.777. The van der Waals surface area contributed by atoms with Gasteiger partial charge in [0.15, 0.2) is 0 Å². The molecule has 0 amide bonds. The van der Waals surface area contributed by atoms with Gasteiger partial charge in [-0.1, -0.05) is 55.5 Å². The monoisotopic (exact) mass is 267 g/mol. The summed E-state index contributed by atoms with van der Waals surface area (Å²) in [7, 11) is 0. The zero-order valence-corrected chi connectivity index (χ0v) is 12.8. The first-order valence-electron chi connectivity index (χ1n) is 7.59. The minimum atomic E-state index is 0.488. The Morgan fingerprint density at radius 3 is 2.45 bits per heavy atom. The first-order valence-corrected chi connectivity index (χ1v) is 7.59. The molecule has 0 aromatic heterocycles. The molecule has 106 valence electrons. The molecule has 0 aliphatic rings. The Kier molecular flexibility index (Phi) is 5.23. The van der Waals surface area contributed by atoms with Gasteiger partial charge in [-0.25, -0.2) is 0 Å². The van der Waals surface area contributed by atoms with E-state index in [-0.39, 0.29) is 0 Å². The normalized spacial score (nSPS) is 12.2. The Morgan fingerprint density at radius 2 is 1.75 bits per heavy atom. The molecule has 0 spiro atoms. The van der Waals surface area contributed by atoms with Crippen LogP contribution in [0.3, 0.4) is 0 Å². The summed E-state index contributed by atoms with van der Waals surface area (Å²) in [5.41, 5.74) is 5.50. The van der Waals surface area contributed by atoms with Crippen molar-refractivity contribution < 1.29 is 0 Å². The van der Waals surface area contributed by atoms with Crippen LogP contribution in [-0.4, -0.2) is 6.04 Å². The van der Waals surface area contributed by atoms with E-state index in [1.54, 1.807) is 0 Å². The number of hydrogen-bond donors (Lipinski definition) is 1. The summed E-state index contributed by atoms with van der Waals surface area (Å²) in [5.74, 6) is 0. The van der Waals surface area contributed by atoms with Crippen molar-refractivity contribution in [2.24, 2.45) is 0 Å². The van der Waals surface area contributed by atoms with Crippen LogP contribution in [0.4, 0.5) is 5.69 Å². The molecule has 0 heterocycles. The van der Waals surface area contributed by atoms with Gasteiger partial charge in [-0.05, 0) is 49.8 Å². The van der Waals surface area contributed by atoms with Crippen molar-refractivity contribution in [3.05, 3.63) is 65.2 Å². The van der Waals surface area contributed by atoms with E-state index < -0.39 is 0 Å². The lowest BCUT2D eigenvalue weighted by Gasteiger charge is -2.20. The maximum atomic E-state index is 3.70. The number of nitrogens with one attached hydrogen (secondary N) is 1. The van der Waals surface area contributed by atoms with Gasteiger partial charge in [-0.15, -0.1) is 0 Å². The highest BCUT2D eigenvalue weighted by Gasteiger charge is 2.08. The summed E-state index contributed by atoms with van der Waals surface area (Å²) < 4.78 is 0. The van der Waals surface area contributed by atoms with Crippen molar-refractivity contribution in [3.8, 4) is 0 Å². The molecule has 1 atom stereocenters. The SMILES string of the molecule is CCc1cccc(C)c1NC(C)CCc1ccccc1. The molecule has 20 heavy (non-hydrogen) atoms. The molecular formula is C19H25N. The first kappa shape index (κ1) is 14.6. The third kappa shape index (κ3) is 3.86. The topological polar surface area (TPSA) is 12.0 Å². The van der Waals surface area contributed by atoms with Crippen molar-refractivity contribution >= 4 is 5.69 Å². The van der Waals surface area contributed by atoms with Crippen molar-refractivity contribution in [1.82, 2.24) is 0 Å². The predicted molar refractivity (Wildman–Crippen MR) is 88.4 cm³/mol. The number of anilines is 1. The summed E-state index contributed by atoms with van der Waals surface area (Å²) in [6.07, 6.45) is 3.36. The van der Waals surface area contributed by atoms with Crippen LogP contribution in [0, 0.1) is 6.92 Å². The molecule has 1 heteroatoms. The van der Waals surface area contributed by atoms with Gasteiger partial charge in [0.05, 0.1) is 0 Å². The molecule has 1 N–H and O–H groups in total. The van der Waals surface area contributed by atoms with E-state index in [1.165, 1.54) is 22.4 Å². The lowest BCUT2D eigenvalue weighted by Crippen LogP contribution is -2.17. The molecule has 0 fully saturated rings. The van der Waals surface area contributed by atoms with Crippen LogP contribution in [-0.2, 0) is 12.8 Å². The molecule has 0 aliphatic heterocycles. The maximum absolute atomic E-state index is 3.70. The summed E-state index contributed by atoms with van der Waals surface area (Å²) >= 11 is 0. The minimum Gasteiger partial charge on any atom is -0.382 e. The van der Waals surface area contributed by atoms with Crippen molar-refractivity contribution in [2.75, 3.05) is 5.32 Å². The third-order valence-corrected chi connectivity index (χ3v) is 3.84. The van der Waals surface area contributed by atoms with Gasteiger partial charge >= 0.3 is 0 Å². The van der Waals surface area contributed by atoms with Gasteiger partial charge < -0.3 is 5.32 Å². The number of aryl methyl sites for hydroxylation is 3. The molecule has 0 radical (unpaired) electrons. The van der Waals surface area contributed by atoms with E-state index in [9.17, 15) is 0 Å². The van der Waals surface area contributed by atoms with E-state index in [0.717, 1.165) is 19.3 Å².